The van der Waals surface area contributed by atoms with Crippen LogP contribution >= 0.6 is 11.6 Å². The highest BCUT2D eigenvalue weighted by molar-refractivity contribution is 6.30. The molecular weight excluding hydrogens is 306 g/mol. The molecule has 2 rings (SSSR count). The summed E-state index contributed by atoms with van der Waals surface area (Å²) in [5.74, 6) is -0.0369. The fraction of sp³-hybridized carbons (Fsp3) is 0.133. The van der Waals surface area contributed by atoms with Gasteiger partial charge in [-0.15, -0.1) is 0 Å². The molecule has 22 heavy (non-hydrogen) atoms. The normalized spacial score (nSPS) is 14.3. The summed E-state index contributed by atoms with van der Waals surface area (Å²) in [6.45, 7) is 6.86. The molecule has 6 nitrogen and oxygen atoms in total. The maximum atomic E-state index is 11.8. The third-order valence-electron chi connectivity index (χ3n) is 3.06. The first-order valence-electron chi connectivity index (χ1n) is 6.29. The number of hydrogen-bond acceptors (Lipinski definition) is 4. The van der Waals surface area contributed by atoms with E-state index in [2.05, 4.69) is 23.6 Å². The molecule has 0 bridgehead atoms. The molecule has 1 aliphatic heterocycles. The summed E-state index contributed by atoms with van der Waals surface area (Å²) < 4.78 is 5.30. The van der Waals surface area contributed by atoms with Gasteiger partial charge in [-0.25, -0.2) is 4.99 Å². The van der Waals surface area contributed by atoms with Crippen molar-refractivity contribution in [3.05, 3.63) is 47.3 Å². The number of aliphatic imine (C=N–C) groups is 1. The highest BCUT2D eigenvalue weighted by Gasteiger charge is 2.26. The maximum absolute atomic E-state index is 11.8. The predicted molar refractivity (Wildman–Crippen MR) is 84.5 cm³/mol. The summed E-state index contributed by atoms with van der Waals surface area (Å²) in [5.41, 5.74) is 1.08. The van der Waals surface area contributed by atoms with Gasteiger partial charge in [0.15, 0.2) is 0 Å². The number of halogens is 1. The number of ether oxygens (including phenoxy) is 1. The van der Waals surface area contributed by atoms with Gasteiger partial charge in [-0.05, 0) is 24.9 Å². The van der Waals surface area contributed by atoms with Gasteiger partial charge in [0, 0.05) is 16.7 Å². The number of rotatable bonds is 4. The minimum Gasteiger partial charge on any atom is -0.496 e. The topological polar surface area (TPSA) is 71.0 Å². The van der Waals surface area contributed by atoms with Gasteiger partial charge in [-0.2, -0.15) is 0 Å². The molecule has 2 amide bonds. The monoisotopic (exact) mass is 319 g/mol. The number of nitrogens with zero attached hydrogens (tertiary/aromatic N) is 2. The van der Waals surface area contributed by atoms with Crippen molar-refractivity contribution in [3.8, 4) is 5.75 Å². The summed E-state index contributed by atoms with van der Waals surface area (Å²) in [7, 11) is 1.49. The lowest BCUT2D eigenvalue weighted by molar-refractivity contribution is -0.119. The zero-order valence-corrected chi connectivity index (χ0v) is 12.7. The summed E-state index contributed by atoms with van der Waals surface area (Å²) in [6.07, 6.45) is 1.36. The molecular formula is C15H14ClN3O3. The maximum Gasteiger partial charge on any atom is 0.265 e. The zero-order valence-electron chi connectivity index (χ0n) is 11.9. The third-order valence-corrected chi connectivity index (χ3v) is 3.30. The molecule has 114 valence electrons. The van der Waals surface area contributed by atoms with E-state index in [0.717, 1.165) is 0 Å². The first kappa shape index (κ1) is 15.8. The van der Waals surface area contributed by atoms with Crippen LogP contribution in [0.5, 0.6) is 5.75 Å². The van der Waals surface area contributed by atoms with Gasteiger partial charge in [0.1, 0.15) is 18.1 Å². The number of carbonyl (C=O) groups excluding carboxylic acids is 2. The molecule has 0 unspecified atom stereocenters. The molecule has 1 aliphatic rings. The van der Waals surface area contributed by atoms with Crippen molar-refractivity contribution in [2.75, 3.05) is 13.7 Å². The lowest BCUT2D eigenvalue weighted by atomic mass is 10.1. The van der Waals surface area contributed by atoms with E-state index in [4.69, 9.17) is 16.3 Å². The molecule has 1 aromatic carbocycles. The molecule has 0 fully saturated rings. The third kappa shape index (κ3) is 3.17. The average molecular weight is 320 g/mol. The van der Waals surface area contributed by atoms with Gasteiger partial charge in [0.05, 0.1) is 12.8 Å². The summed E-state index contributed by atoms with van der Waals surface area (Å²) in [6, 6.07) is 5.00. The van der Waals surface area contributed by atoms with Crippen LogP contribution in [0.15, 0.2) is 41.7 Å². The largest absolute Gasteiger partial charge is 0.496 e. The second-order valence-electron chi connectivity index (χ2n) is 4.45. The minimum atomic E-state index is -0.448. The predicted octanol–water partition coefficient (Wildman–Crippen LogP) is 1.82. The molecule has 1 N–H and O–H groups in total. The number of hydrogen-bond donors (Lipinski definition) is 1. The Balaban J connectivity index is 2.52. The Bertz CT molecular complexity index is 697. The molecule has 1 heterocycles. The second-order valence-corrected chi connectivity index (χ2v) is 4.88. The Morgan fingerprint density at radius 1 is 1.50 bits per heavy atom. The van der Waals surface area contributed by atoms with Gasteiger partial charge in [-0.1, -0.05) is 18.2 Å². The van der Waals surface area contributed by atoms with E-state index in [1.165, 1.54) is 18.1 Å². The smallest absolute Gasteiger partial charge is 0.265 e. The van der Waals surface area contributed by atoms with Crippen LogP contribution in [0.3, 0.4) is 0 Å². The van der Waals surface area contributed by atoms with Crippen LogP contribution < -0.4 is 10.1 Å². The van der Waals surface area contributed by atoms with Crippen molar-refractivity contribution in [3.63, 3.8) is 0 Å². The SMILES string of the molecule is C=NC(=O)CN1C(=C)NC(=O)C=C1c1ccc(Cl)cc1OC. The highest BCUT2D eigenvalue weighted by Crippen LogP contribution is 2.33. The van der Waals surface area contributed by atoms with E-state index >= 15 is 0 Å². The van der Waals surface area contributed by atoms with E-state index in [1.54, 1.807) is 18.2 Å². The van der Waals surface area contributed by atoms with Gasteiger partial charge < -0.3 is 15.0 Å². The first-order valence-corrected chi connectivity index (χ1v) is 6.66. The van der Waals surface area contributed by atoms with E-state index in [1.807, 2.05) is 0 Å². The van der Waals surface area contributed by atoms with E-state index < -0.39 is 5.91 Å². The Morgan fingerprint density at radius 3 is 2.86 bits per heavy atom. The van der Waals surface area contributed by atoms with Crippen LogP contribution in [0, 0.1) is 0 Å². The standard InChI is InChI=1S/C15H14ClN3O3/c1-9-18-14(20)7-12(19(9)8-15(21)17-2)11-5-4-10(16)6-13(11)22-3/h4-7H,1-2,8H2,3H3,(H,18,20). The molecule has 0 saturated carbocycles. The quantitative estimate of drug-likeness (QED) is 0.859. The minimum absolute atomic E-state index is 0.0970. The number of nitrogens with one attached hydrogen (secondary N) is 1. The Morgan fingerprint density at radius 2 is 2.23 bits per heavy atom. The van der Waals surface area contributed by atoms with Crippen LogP contribution in [-0.2, 0) is 9.59 Å². The van der Waals surface area contributed by atoms with Crippen molar-refractivity contribution in [1.29, 1.82) is 0 Å². The van der Waals surface area contributed by atoms with Crippen molar-refractivity contribution in [2.24, 2.45) is 4.99 Å². The molecule has 7 heteroatoms. The molecule has 0 spiro atoms. The average Bonchev–Trinajstić information content (AvgIpc) is 2.49. The van der Waals surface area contributed by atoms with Crippen LogP contribution in [0.25, 0.3) is 5.70 Å². The first-order chi connectivity index (χ1) is 10.5. The van der Waals surface area contributed by atoms with Gasteiger partial charge >= 0.3 is 0 Å². The lowest BCUT2D eigenvalue weighted by Crippen LogP contribution is -2.40. The van der Waals surface area contributed by atoms with Crippen molar-refractivity contribution in [2.45, 2.75) is 0 Å². The summed E-state index contributed by atoms with van der Waals surface area (Å²) >= 11 is 5.95. The molecule has 0 saturated heterocycles. The van der Waals surface area contributed by atoms with E-state index in [0.29, 0.717) is 22.0 Å². The van der Waals surface area contributed by atoms with E-state index in [-0.39, 0.29) is 18.3 Å². The number of benzene rings is 1. The second kappa shape index (κ2) is 6.44. The van der Waals surface area contributed by atoms with Crippen LogP contribution in [0.1, 0.15) is 5.56 Å². The van der Waals surface area contributed by atoms with Crippen molar-refractivity contribution in [1.82, 2.24) is 10.2 Å². The number of carbonyl (C=O) groups is 2. The lowest BCUT2D eigenvalue weighted by Gasteiger charge is -2.31. The molecule has 1 aromatic rings. The van der Waals surface area contributed by atoms with E-state index in [9.17, 15) is 9.59 Å². The van der Waals surface area contributed by atoms with Crippen LogP contribution in [-0.4, -0.2) is 37.1 Å². The summed E-state index contributed by atoms with van der Waals surface area (Å²) in [5, 5.41) is 3.04. The van der Waals surface area contributed by atoms with Gasteiger partial charge in [0.25, 0.3) is 11.8 Å². The number of methoxy groups -OCH3 is 1. The zero-order chi connectivity index (χ0) is 16.3. The van der Waals surface area contributed by atoms with Gasteiger partial charge in [-0.3, -0.25) is 9.59 Å². The van der Waals surface area contributed by atoms with Crippen LogP contribution in [0.4, 0.5) is 0 Å². The Hall–Kier alpha value is -2.60. The van der Waals surface area contributed by atoms with Crippen molar-refractivity contribution < 1.29 is 14.3 Å². The molecule has 0 atom stereocenters. The number of amides is 2. The summed E-state index contributed by atoms with van der Waals surface area (Å²) in [4.78, 5) is 28.2. The fourth-order valence-corrected chi connectivity index (χ4v) is 2.22. The van der Waals surface area contributed by atoms with Crippen molar-refractivity contribution >= 4 is 35.8 Å². The van der Waals surface area contributed by atoms with Gasteiger partial charge in [0.2, 0.25) is 0 Å². The fourth-order valence-electron chi connectivity index (χ4n) is 2.06. The molecule has 0 aliphatic carbocycles. The molecule has 0 aromatic heterocycles. The van der Waals surface area contributed by atoms with Crippen LogP contribution in [0.2, 0.25) is 5.02 Å². The molecule has 0 radical (unpaired) electrons. The Labute approximate surface area is 132 Å². The Kier molecular flexibility index (Phi) is 4.62. The highest BCUT2D eigenvalue weighted by atomic mass is 35.5.